The molecule has 20 heavy (non-hydrogen) atoms. The molecule has 0 aromatic heterocycles. The molecular weight excluding hydrogens is 273 g/mol. The van der Waals surface area contributed by atoms with Crippen molar-refractivity contribution in [3.8, 4) is 0 Å². The summed E-state index contributed by atoms with van der Waals surface area (Å²) in [5.41, 5.74) is -0.799. The predicted molar refractivity (Wildman–Crippen MR) is 66.8 cm³/mol. The Balaban J connectivity index is 3.01. The average molecular weight is 290 g/mol. The SMILES string of the molecule is CCOC(=O)C(CC)C(O)c1cccc(C(F)(F)F)c1. The van der Waals surface area contributed by atoms with E-state index in [1.807, 2.05) is 0 Å². The maximum absolute atomic E-state index is 12.6. The maximum Gasteiger partial charge on any atom is 0.416 e. The molecular formula is C14H17F3O3. The van der Waals surface area contributed by atoms with Gasteiger partial charge < -0.3 is 9.84 Å². The van der Waals surface area contributed by atoms with Crippen LogP contribution >= 0.6 is 0 Å². The van der Waals surface area contributed by atoms with Gasteiger partial charge in [0, 0.05) is 0 Å². The molecule has 1 rings (SSSR count). The molecule has 0 bridgehead atoms. The predicted octanol–water partition coefficient (Wildman–Crippen LogP) is 3.33. The van der Waals surface area contributed by atoms with Crippen molar-refractivity contribution in [1.29, 1.82) is 0 Å². The molecule has 0 radical (unpaired) electrons. The number of hydrogen-bond donors (Lipinski definition) is 1. The lowest BCUT2D eigenvalue weighted by molar-refractivity contribution is -0.152. The van der Waals surface area contributed by atoms with Crippen molar-refractivity contribution in [2.75, 3.05) is 6.61 Å². The Morgan fingerprint density at radius 1 is 1.35 bits per heavy atom. The standard InChI is InChI=1S/C14H17F3O3/c1-3-11(13(19)20-4-2)12(18)9-6-5-7-10(8-9)14(15,16)17/h5-8,11-12,18H,3-4H2,1-2H3. The lowest BCUT2D eigenvalue weighted by Crippen LogP contribution is -2.24. The molecule has 2 atom stereocenters. The third-order valence-corrected chi connectivity index (χ3v) is 2.97. The average Bonchev–Trinajstić information content (AvgIpc) is 2.39. The van der Waals surface area contributed by atoms with E-state index in [9.17, 15) is 23.1 Å². The van der Waals surface area contributed by atoms with Crippen LogP contribution in [0.4, 0.5) is 13.2 Å². The number of aliphatic hydroxyl groups is 1. The van der Waals surface area contributed by atoms with Gasteiger partial charge >= 0.3 is 12.1 Å². The summed E-state index contributed by atoms with van der Waals surface area (Å²) in [5, 5.41) is 10.1. The van der Waals surface area contributed by atoms with Crippen LogP contribution in [0.5, 0.6) is 0 Å². The molecule has 0 aliphatic heterocycles. The maximum atomic E-state index is 12.6. The molecule has 1 N–H and O–H groups in total. The topological polar surface area (TPSA) is 46.5 Å². The molecule has 0 fully saturated rings. The minimum Gasteiger partial charge on any atom is -0.466 e. The Kier molecular flexibility index (Phi) is 5.56. The van der Waals surface area contributed by atoms with E-state index in [2.05, 4.69) is 0 Å². The second-order valence-corrected chi connectivity index (χ2v) is 4.33. The number of ether oxygens (including phenoxy) is 1. The highest BCUT2D eigenvalue weighted by molar-refractivity contribution is 5.73. The van der Waals surface area contributed by atoms with Crippen molar-refractivity contribution in [2.24, 2.45) is 5.92 Å². The fraction of sp³-hybridized carbons (Fsp3) is 0.500. The summed E-state index contributed by atoms with van der Waals surface area (Å²) in [5.74, 6) is -1.49. The minimum absolute atomic E-state index is 0.0553. The van der Waals surface area contributed by atoms with Crippen LogP contribution in [0.15, 0.2) is 24.3 Å². The second-order valence-electron chi connectivity index (χ2n) is 4.33. The van der Waals surface area contributed by atoms with Gasteiger partial charge in [-0.1, -0.05) is 19.1 Å². The van der Waals surface area contributed by atoms with Crippen molar-refractivity contribution in [2.45, 2.75) is 32.5 Å². The lowest BCUT2D eigenvalue weighted by atomic mass is 9.92. The summed E-state index contributed by atoms with van der Waals surface area (Å²) in [6.45, 7) is 3.45. The largest absolute Gasteiger partial charge is 0.466 e. The Labute approximate surface area is 115 Å². The van der Waals surface area contributed by atoms with Gasteiger partial charge in [-0.3, -0.25) is 4.79 Å². The number of halogens is 3. The number of hydrogen-bond acceptors (Lipinski definition) is 3. The number of carbonyl (C=O) groups is 1. The van der Waals surface area contributed by atoms with E-state index >= 15 is 0 Å². The van der Waals surface area contributed by atoms with Gasteiger partial charge in [0.15, 0.2) is 0 Å². The van der Waals surface area contributed by atoms with E-state index in [1.165, 1.54) is 12.1 Å². The van der Waals surface area contributed by atoms with Gasteiger partial charge in [-0.25, -0.2) is 0 Å². The molecule has 0 heterocycles. The van der Waals surface area contributed by atoms with E-state index in [4.69, 9.17) is 4.74 Å². The molecule has 0 amide bonds. The van der Waals surface area contributed by atoms with Crippen molar-refractivity contribution in [1.82, 2.24) is 0 Å². The Morgan fingerprint density at radius 3 is 2.50 bits per heavy atom. The first kappa shape index (κ1) is 16.5. The van der Waals surface area contributed by atoms with Crippen LogP contribution in [-0.2, 0) is 15.7 Å². The molecule has 0 saturated heterocycles. The van der Waals surface area contributed by atoms with Gasteiger partial charge in [-0.15, -0.1) is 0 Å². The third-order valence-electron chi connectivity index (χ3n) is 2.97. The molecule has 1 aromatic carbocycles. The zero-order valence-corrected chi connectivity index (χ0v) is 11.3. The second kappa shape index (κ2) is 6.74. The Morgan fingerprint density at radius 2 is 2.00 bits per heavy atom. The summed E-state index contributed by atoms with van der Waals surface area (Å²) in [4.78, 5) is 11.7. The van der Waals surface area contributed by atoms with Crippen molar-refractivity contribution in [3.63, 3.8) is 0 Å². The van der Waals surface area contributed by atoms with Gasteiger partial charge in [-0.05, 0) is 31.0 Å². The van der Waals surface area contributed by atoms with Gasteiger partial charge in [-0.2, -0.15) is 13.2 Å². The molecule has 6 heteroatoms. The van der Waals surface area contributed by atoms with Crippen LogP contribution < -0.4 is 0 Å². The fourth-order valence-electron chi connectivity index (χ4n) is 1.90. The van der Waals surface area contributed by atoms with Crippen LogP contribution in [0.1, 0.15) is 37.5 Å². The molecule has 112 valence electrons. The zero-order chi connectivity index (χ0) is 15.3. The van der Waals surface area contributed by atoms with E-state index in [-0.39, 0.29) is 18.6 Å². The van der Waals surface area contributed by atoms with E-state index in [0.29, 0.717) is 0 Å². The normalized spacial score (nSPS) is 14.7. The number of carbonyl (C=O) groups excluding carboxylic acids is 1. The Hall–Kier alpha value is -1.56. The third kappa shape index (κ3) is 3.96. The van der Waals surface area contributed by atoms with E-state index < -0.39 is 29.7 Å². The van der Waals surface area contributed by atoms with E-state index in [0.717, 1.165) is 12.1 Å². The summed E-state index contributed by atoms with van der Waals surface area (Å²) >= 11 is 0. The zero-order valence-electron chi connectivity index (χ0n) is 11.3. The summed E-state index contributed by atoms with van der Waals surface area (Å²) in [7, 11) is 0. The summed E-state index contributed by atoms with van der Waals surface area (Å²) < 4.78 is 42.7. The number of benzene rings is 1. The van der Waals surface area contributed by atoms with E-state index in [1.54, 1.807) is 13.8 Å². The smallest absolute Gasteiger partial charge is 0.416 e. The first-order valence-corrected chi connectivity index (χ1v) is 6.33. The van der Waals surface area contributed by atoms with Crippen LogP contribution in [0, 0.1) is 5.92 Å². The monoisotopic (exact) mass is 290 g/mol. The number of rotatable bonds is 5. The Bertz CT molecular complexity index is 457. The van der Waals surface area contributed by atoms with Gasteiger partial charge in [0.05, 0.1) is 24.2 Å². The highest BCUT2D eigenvalue weighted by atomic mass is 19.4. The molecule has 0 aliphatic rings. The lowest BCUT2D eigenvalue weighted by Gasteiger charge is -2.21. The van der Waals surface area contributed by atoms with Gasteiger partial charge in [0.2, 0.25) is 0 Å². The fourth-order valence-corrected chi connectivity index (χ4v) is 1.90. The number of esters is 1. The first-order chi connectivity index (χ1) is 9.31. The molecule has 1 aromatic rings. The van der Waals surface area contributed by atoms with Crippen molar-refractivity contribution < 1.29 is 27.8 Å². The molecule has 0 saturated carbocycles. The van der Waals surface area contributed by atoms with Gasteiger partial charge in [0.1, 0.15) is 0 Å². The van der Waals surface area contributed by atoms with Crippen molar-refractivity contribution in [3.05, 3.63) is 35.4 Å². The molecule has 0 aliphatic carbocycles. The highest BCUT2D eigenvalue weighted by Crippen LogP contribution is 2.33. The molecule has 3 nitrogen and oxygen atoms in total. The summed E-state index contributed by atoms with van der Waals surface area (Å²) in [6.07, 6.45) is -5.53. The van der Waals surface area contributed by atoms with Crippen LogP contribution in [0.3, 0.4) is 0 Å². The number of aliphatic hydroxyl groups excluding tert-OH is 1. The van der Waals surface area contributed by atoms with Crippen LogP contribution in [-0.4, -0.2) is 17.7 Å². The van der Waals surface area contributed by atoms with Crippen LogP contribution in [0.2, 0.25) is 0 Å². The first-order valence-electron chi connectivity index (χ1n) is 6.33. The van der Waals surface area contributed by atoms with Gasteiger partial charge in [0.25, 0.3) is 0 Å². The molecule has 2 unspecified atom stereocenters. The van der Waals surface area contributed by atoms with Crippen LogP contribution in [0.25, 0.3) is 0 Å². The van der Waals surface area contributed by atoms with Crippen molar-refractivity contribution >= 4 is 5.97 Å². The summed E-state index contributed by atoms with van der Waals surface area (Å²) in [6, 6.07) is 4.34. The highest BCUT2D eigenvalue weighted by Gasteiger charge is 2.33. The number of alkyl halides is 3. The quantitative estimate of drug-likeness (QED) is 0.846. The molecule has 0 spiro atoms. The minimum atomic E-state index is -4.48.